The van der Waals surface area contributed by atoms with Crippen LogP contribution in [0.25, 0.3) is 0 Å². The highest BCUT2D eigenvalue weighted by atomic mass is 32.1. The zero-order valence-electron chi connectivity index (χ0n) is 16.6. The van der Waals surface area contributed by atoms with Crippen molar-refractivity contribution in [2.45, 2.75) is 25.8 Å². The lowest BCUT2D eigenvalue weighted by molar-refractivity contribution is -0.125. The molecule has 1 fully saturated rings. The fourth-order valence-electron chi connectivity index (χ4n) is 3.85. The van der Waals surface area contributed by atoms with Crippen molar-refractivity contribution in [3.63, 3.8) is 0 Å². The first-order chi connectivity index (χ1) is 14.1. The Morgan fingerprint density at radius 2 is 2.00 bits per heavy atom. The molecule has 1 N–H and O–H groups in total. The summed E-state index contributed by atoms with van der Waals surface area (Å²) in [6.45, 7) is 3.02. The third-order valence-corrected chi connectivity index (χ3v) is 6.81. The molecule has 2 aliphatic rings. The van der Waals surface area contributed by atoms with E-state index in [0.717, 1.165) is 34.6 Å². The molecule has 2 heterocycles. The molecule has 0 saturated carbocycles. The van der Waals surface area contributed by atoms with Crippen LogP contribution in [0, 0.1) is 5.92 Å². The number of carbonyl (C=O) groups excluding carboxylic acids is 2. The molecule has 1 aliphatic heterocycles. The molecule has 4 rings (SSSR count). The highest BCUT2D eigenvalue weighted by Gasteiger charge is 2.28. The van der Waals surface area contributed by atoms with E-state index >= 15 is 0 Å². The van der Waals surface area contributed by atoms with Crippen LogP contribution in [-0.2, 0) is 28.9 Å². The maximum atomic E-state index is 12.7. The Kier molecular flexibility index (Phi) is 6.16. The molecular formula is C22H26N2O4S. The van der Waals surface area contributed by atoms with Crippen LogP contribution in [0.15, 0.2) is 30.3 Å². The smallest absolute Gasteiger partial charge is 0.264 e. The van der Waals surface area contributed by atoms with Crippen molar-refractivity contribution in [2.75, 3.05) is 33.4 Å². The zero-order chi connectivity index (χ0) is 20.2. The first-order valence-corrected chi connectivity index (χ1v) is 10.8. The lowest BCUT2D eigenvalue weighted by Crippen LogP contribution is -2.40. The molecule has 154 valence electrons. The van der Waals surface area contributed by atoms with Gasteiger partial charge in [0.05, 0.1) is 25.2 Å². The average molecular weight is 415 g/mol. The quantitative estimate of drug-likeness (QED) is 0.817. The summed E-state index contributed by atoms with van der Waals surface area (Å²) < 4.78 is 10.5. The second-order valence-corrected chi connectivity index (χ2v) is 8.61. The third kappa shape index (κ3) is 4.62. The topological polar surface area (TPSA) is 67.9 Å². The molecule has 6 nitrogen and oxygen atoms in total. The predicted octanol–water partition coefficient (Wildman–Crippen LogP) is 2.65. The van der Waals surface area contributed by atoms with E-state index in [1.807, 2.05) is 35.2 Å². The molecule has 0 bridgehead atoms. The van der Waals surface area contributed by atoms with Gasteiger partial charge in [0.15, 0.2) is 0 Å². The molecule has 0 spiro atoms. The predicted molar refractivity (Wildman–Crippen MR) is 111 cm³/mol. The summed E-state index contributed by atoms with van der Waals surface area (Å²) in [5.74, 6) is 0.938. The van der Waals surface area contributed by atoms with Crippen LogP contribution in [0.1, 0.15) is 32.1 Å². The van der Waals surface area contributed by atoms with E-state index in [1.54, 1.807) is 18.4 Å². The second-order valence-electron chi connectivity index (χ2n) is 7.47. The maximum Gasteiger partial charge on any atom is 0.264 e. The summed E-state index contributed by atoms with van der Waals surface area (Å²) in [4.78, 5) is 29.3. The molecule has 1 aliphatic carbocycles. The number of morpholine rings is 1. The molecule has 1 saturated heterocycles. The van der Waals surface area contributed by atoms with Crippen molar-refractivity contribution in [3.05, 3.63) is 51.2 Å². The Morgan fingerprint density at radius 3 is 2.72 bits per heavy atom. The molecule has 0 radical (unpaired) electrons. The van der Waals surface area contributed by atoms with E-state index in [1.165, 1.54) is 4.88 Å². The summed E-state index contributed by atoms with van der Waals surface area (Å²) in [6.07, 6.45) is 2.39. The Morgan fingerprint density at radius 1 is 1.24 bits per heavy atom. The maximum absolute atomic E-state index is 12.7. The Hall–Kier alpha value is -2.38. The van der Waals surface area contributed by atoms with Gasteiger partial charge in [-0.15, -0.1) is 11.3 Å². The standard InChI is InChI=1S/C22H26N2O4S/c1-27-18-5-2-15(3-6-18)14-23-21(25)16-4-7-19-17(12-16)13-20(29-19)22(26)24-8-10-28-11-9-24/h2-3,5-6,13,16H,4,7-12,14H2,1H3,(H,23,25)/t16-/m1/s1. The molecule has 7 heteroatoms. The Balaban J connectivity index is 1.34. The van der Waals surface area contributed by atoms with Crippen molar-refractivity contribution >= 4 is 23.2 Å². The monoisotopic (exact) mass is 414 g/mol. The van der Waals surface area contributed by atoms with Crippen LogP contribution >= 0.6 is 11.3 Å². The molecule has 1 aromatic carbocycles. The van der Waals surface area contributed by atoms with Gasteiger partial charge in [-0.05, 0) is 48.6 Å². The molecule has 1 atom stereocenters. The van der Waals surface area contributed by atoms with E-state index in [9.17, 15) is 9.59 Å². The first-order valence-electron chi connectivity index (χ1n) is 10.0. The van der Waals surface area contributed by atoms with E-state index in [0.29, 0.717) is 39.3 Å². The number of thiophene rings is 1. The number of rotatable bonds is 5. The molecule has 1 aromatic heterocycles. The van der Waals surface area contributed by atoms with Crippen LogP contribution in [0.4, 0.5) is 0 Å². The number of aryl methyl sites for hydroxylation is 1. The zero-order valence-corrected chi connectivity index (χ0v) is 17.4. The molecule has 2 amide bonds. The summed E-state index contributed by atoms with van der Waals surface area (Å²) in [5.41, 5.74) is 2.20. The fraction of sp³-hybridized carbons (Fsp3) is 0.455. The van der Waals surface area contributed by atoms with E-state index in [-0.39, 0.29) is 17.7 Å². The number of hydrogen-bond donors (Lipinski definition) is 1. The van der Waals surface area contributed by atoms with Crippen LogP contribution in [0.2, 0.25) is 0 Å². The lowest BCUT2D eigenvalue weighted by atomic mass is 9.87. The second kappa shape index (κ2) is 8.97. The van der Waals surface area contributed by atoms with Gasteiger partial charge in [0, 0.05) is 30.4 Å². The number of fused-ring (bicyclic) bond motifs is 1. The van der Waals surface area contributed by atoms with Crippen molar-refractivity contribution in [3.8, 4) is 5.75 Å². The first kappa shape index (κ1) is 19.9. The minimum atomic E-state index is -0.0401. The number of benzene rings is 1. The number of methoxy groups -OCH3 is 1. The van der Waals surface area contributed by atoms with Gasteiger partial charge < -0.3 is 19.7 Å². The summed E-state index contributed by atoms with van der Waals surface area (Å²) in [6, 6.07) is 9.71. The normalized spacial score (nSPS) is 18.8. The van der Waals surface area contributed by atoms with Gasteiger partial charge in [0.2, 0.25) is 5.91 Å². The van der Waals surface area contributed by atoms with Gasteiger partial charge in [-0.3, -0.25) is 9.59 Å². The van der Waals surface area contributed by atoms with Crippen LogP contribution in [0.3, 0.4) is 0 Å². The largest absolute Gasteiger partial charge is 0.497 e. The van der Waals surface area contributed by atoms with Crippen LogP contribution in [-0.4, -0.2) is 50.1 Å². The Labute approximate surface area is 174 Å². The van der Waals surface area contributed by atoms with Crippen molar-refractivity contribution in [1.82, 2.24) is 10.2 Å². The van der Waals surface area contributed by atoms with Gasteiger partial charge in [-0.1, -0.05) is 12.1 Å². The number of hydrogen-bond acceptors (Lipinski definition) is 5. The van der Waals surface area contributed by atoms with Crippen molar-refractivity contribution < 1.29 is 19.1 Å². The van der Waals surface area contributed by atoms with Gasteiger partial charge in [0.1, 0.15) is 5.75 Å². The van der Waals surface area contributed by atoms with E-state index < -0.39 is 0 Å². The molecule has 0 unspecified atom stereocenters. The van der Waals surface area contributed by atoms with Crippen LogP contribution in [0.5, 0.6) is 5.75 Å². The third-order valence-electron chi connectivity index (χ3n) is 5.59. The van der Waals surface area contributed by atoms with Gasteiger partial charge in [-0.25, -0.2) is 0 Å². The molecular weight excluding hydrogens is 388 g/mol. The average Bonchev–Trinajstić information content (AvgIpc) is 3.21. The van der Waals surface area contributed by atoms with Gasteiger partial charge in [0.25, 0.3) is 5.91 Å². The molecule has 2 aromatic rings. The number of nitrogens with zero attached hydrogens (tertiary/aromatic N) is 1. The van der Waals surface area contributed by atoms with E-state index in [4.69, 9.17) is 9.47 Å². The fourth-order valence-corrected chi connectivity index (χ4v) is 5.03. The molecule has 29 heavy (non-hydrogen) atoms. The van der Waals surface area contributed by atoms with Gasteiger partial charge >= 0.3 is 0 Å². The highest BCUT2D eigenvalue weighted by molar-refractivity contribution is 7.14. The summed E-state index contributed by atoms with van der Waals surface area (Å²) in [5, 5.41) is 3.05. The SMILES string of the molecule is COc1ccc(CNC(=O)[C@@H]2CCc3sc(C(=O)N4CCOCC4)cc3C2)cc1. The highest BCUT2D eigenvalue weighted by Crippen LogP contribution is 2.33. The van der Waals surface area contributed by atoms with E-state index in [2.05, 4.69) is 5.32 Å². The lowest BCUT2D eigenvalue weighted by Gasteiger charge is -2.26. The summed E-state index contributed by atoms with van der Waals surface area (Å²) in [7, 11) is 1.64. The minimum Gasteiger partial charge on any atom is -0.497 e. The number of nitrogens with one attached hydrogen (secondary N) is 1. The van der Waals surface area contributed by atoms with Crippen molar-refractivity contribution in [2.24, 2.45) is 5.92 Å². The minimum absolute atomic E-state index is 0.0401. The van der Waals surface area contributed by atoms with Gasteiger partial charge in [-0.2, -0.15) is 0 Å². The number of ether oxygens (including phenoxy) is 2. The number of amides is 2. The summed E-state index contributed by atoms with van der Waals surface area (Å²) >= 11 is 1.59. The Bertz CT molecular complexity index is 871. The number of carbonyl (C=O) groups is 2. The van der Waals surface area contributed by atoms with Crippen LogP contribution < -0.4 is 10.1 Å². The van der Waals surface area contributed by atoms with Crippen molar-refractivity contribution in [1.29, 1.82) is 0 Å².